The molecular formula is C13H9ClFN3O3. The molecule has 21 heavy (non-hydrogen) atoms. The molecule has 0 fully saturated rings. The van der Waals surface area contributed by atoms with Crippen LogP contribution in [-0.2, 0) is 0 Å². The van der Waals surface area contributed by atoms with Crippen LogP contribution in [0.15, 0.2) is 36.4 Å². The molecule has 0 radical (unpaired) electrons. The predicted octanol–water partition coefficient (Wildman–Crippen LogP) is 3.22. The largest absolute Gasteiger partial charge is 0.399 e. The molecule has 0 bridgehead atoms. The zero-order chi connectivity index (χ0) is 15.6. The Morgan fingerprint density at radius 1 is 1.29 bits per heavy atom. The minimum atomic E-state index is -0.804. The summed E-state index contributed by atoms with van der Waals surface area (Å²) >= 11 is 5.82. The lowest BCUT2D eigenvalue weighted by Crippen LogP contribution is -2.14. The highest BCUT2D eigenvalue weighted by Crippen LogP contribution is 2.26. The van der Waals surface area contributed by atoms with Gasteiger partial charge in [0.05, 0.1) is 15.6 Å². The number of nitro groups is 1. The van der Waals surface area contributed by atoms with Gasteiger partial charge in [-0.2, -0.15) is 0 Å². The van der Waals surface area contributed by atoms with Crippen molar-refractivity contribution in [2.75, 3.05) is 11.1 Å². The van der Waals surface area contributed by atoms with Crippen molar-refractivity contribution in [3.63, 3.8) is 0 Å². The number of nitrogens with one attached hydrogen (secondary N) is 1. The Hall–Kier alpha value is -2.67. The molecule has 0 aliphatic rings. The second-order valence-electron chi connectivity index (χ2n) is 4.11. The van der Waals surface area contributed by atoms with Crippen LogP contribution in [0.1, 0.15) is 10.4 Å². The summed E-state index contributed by atoms with van der Waals surface area (Å²) < 4.78 is 13.1. The smallest absolute Gasteiger partial charge is 0.282 e. The van der Waals surface area contributed by atoms with Gasteiger partial charge in [-0.15, -0.1) is 0 Å². The fourth-order valence-corrected chi connectivity index (χ4v) is 1.84. The van der Waals surface area contributed by atoms with Gasteiger partial charge >= 0.3 is 0 Å². The van der Waals surface area contributed by atoms with E-state index in [0.717, 1.165) is 18.2 Å². The third-order valence-electron chi connectivity index (χ3n) is 2.64. The summed E-state index contributed by atoms with van der Waals surface area (Å²) in [6, 6.07) is 7.00. The fraction of sp³-hybridized carbons (Fsp3) is 0. The van der Waals surface area contributed by atoms with Crippen LogP contribution in [0, 0.1) is 15.9 Å². The maximum Gasteiger partial charge on any atom is 0.282 e. The van der Waals surface area contributed by atoms with Crippen molar-refractivity contribution in [2.45, 2.75) is 0 Å². The van der Waals surface area contributed by atoms with Gasteiger partial charge in [-0.3, -0.25) is 14.9 Å². The standard InChI is InChI=1S/C13H9ClFN3O3/c14-10-3-1-7(15)5-11(10)17-13(19)9-6-8(16)2-4-12(9)18(20)21/h1-6H,16H2,(H,17,19). The maximum atomic E-state index is 13.1. The number of nitrogen functional groups attached to an aromatic ring is 1. The molecule has 0 saturated carbocycles. The number of anilines is 2. The molecule has 0 heterocycles. The Labute approximate surface area is 123 Å². The monoisotopic (exact) mass is 309 g/mol. The number of hydrogen-bond acceptors (Lipinski definition) is 4. The van der Waals surface area contributed by atoms with E-state index in [4.69, 9.17) is 17.3 Å². The highest BCUT2D eigenvalue weighted by atomic mass is 35.5. The molecule has 0 saturated heterocycles. The molecule has 3 N–H and O–H groups in total. The number of carbonyl (C=O) groups excluding carboxylic acids is 1. The molecule has 108 valence electrons. The van der Waals surface area contributed by atoms with Gasteiger partial charge < -0.3 is 11.1 Å². The molecule has 0 aromatic heterocycles. The SMILES string of the molecule is Nc1ccc([N+](=O)[O-])c(C(=O)Nc2cc(F)ccc2Cl)c1. The van der Waals surface area contributed by atoms with Gasteiger partial charge in [0.15, 0.2) is 0 Å². The number of nitrogens with two attached hydrogens (primary N) is 1. The second kappa shape index (κ2) is 5.76. The Morgan fingerprint density at radius 2 is 2.00 bits per heavy atom. The van der Waals surface area contributed by atoms with Crippen LogP contribution in [0.4, 0.5) is 21.5 Å². The summed E-state index contributed by atoms with van der Waals surface area (Å²) in [5.74, 6) is -1.40. The first kappa shape index (κ1) is 14.7. The van der Waals surface area contributed by atoms with Gasteiger partial charge in [0.25, 0.3) is 11.6 Å². The first-order valence-corrected chi connectivity index (χ1v) is 6.06. The molecule has 6 nitrogen and oxygen atoms in total. The van der Waals surface area contributed by atoms with Gasteiger partial charge in [0.2, 0.25) is 0 Å². The van der Waals surface area contributed by atoms with Gasteiger partial charge in [0.1, 0.15) is 11.4 Å². The zero-order valence-electron chi connectivity index (χ0n) is 10.5. The molecule has 0 aliphatic heterocycles. The van der Waals surface area contributed by atoms with E-state index in [1.54, 1.807) is 0 Å². The van der Waals surface area contributed by atoms with E-state index in [-0.39, 0.29) is 22.0 Å². The highest BCUT2D eigenvalue weighted by Gasteiger charge is 2.21. The summed E-state index contributed by atoms with van der Waals surface area (Å²) in [6.07, 6.45) is 0. The van der Waals surface area contributed by atoms with Crippen LogP contribution >= 0.6 is 11.6 Å². The Bertz CT molecular complexity index is 737. The third kappa shape index (κ3) is 3.26. The van der Waals surface area contributed by atoms with E-state index < -0.39 is 22.3 Å². The van der Waals surface area contributed by atoms with E-state index >= 15 is 0 Å². The summed E-state index contributed by atoms with van der Waals surface area (Å²) in [5.41, 5.74) is 5.08. The maximum absolute atomic E-state index is 13.1. The molecule has 0 atom stereocenters. The summed E-state index contributed by atoms with van der Waals surface area (Å²) in [4.78, 5) is 22.3. The van der Waals surface area contributed by atoms with Crippen LogP contribution in [0.3, 0.4) is 0 Å². The number of carbonyl (C=O) groups is 1. The van der Waals surface area contributed by atoms with E-state index in [1.807, 2.05) is 0 Å². The number of benzene rings is 2. The first-order chi connectivity index (χ1) is 9.88. The number of rotatable bonds is 3. The van der Waals surface area contributed by atoms with Crippen LogP contribution in [0.2, 0.25) is 5.02 Å². The minimum Gasteiger partial charge on any atom is -0.399 e. The van der Waals surface area contributed by atoms with Crippen molar-refractivity contribution in [1.82, 2.24) is 0 Å². The minimum absolute atomic E-state index is 0.0124. The van der Waals surface area contributed by atoms with E-state index in [9.17, 15) is 19.3 Å². The van der Waals surface area contributed by atoms with Crippen molar-refractivity contribution < 1.29 is 14.1 Å². The van der Waals surface area contributed by atoms with Crippen molar-refractivity contribution in [1.29, 1.82) is 0 Å². The average molecular weight is 310 g/mol. The van der Waals surface area contributed by atoms with Crippen LogP contribution in [0.5, 0.6) is 0 Å². The quantitative estimate of drug-likeness (QED) is 0.516. The van der Waals surface area contributed by atoms with Crippen molar-refractivity contribution in [3.05, 3.63) is 62.9 Å². The Kier molecular flexibility index (Phi) is 4.04. The molecule has 2 aromatic carbocycles. The van der Waals surface area contributed by atoms with Crippen molar-refractivity contribution in [2.24, 2.45) is 0 Å². The van der Waals surface area contributed by atoms with E-state index in [1.165, 1.54) is 18.2 Å². The summed E-state index contributed by atoms with van der Waals surface area (Å²) in [6.45, 7) is 0. The topological polar surface area (TPSA) is 98.3 Å². The molecule has 1 amide bonds. The second-order valence-corrected chi connectivity index (χ2v) is 4.52. The van der Waals surface area contributed by atoms with Gasteiger partial charge in [-0.25, -0.2) is 4.39 Å². The van der Waals surface area contributed by atoms with Gasteiger partial charge in [0, 0.05) is 11.8 Å². The van der Waals surface area contributed by atoms with Crippen LogP contribution < -0.4 is 11.1 Å². The highest BCUT2D eigenvalue weighted by molar-refractivity contribution is 6.34. The number of amides is 1. The number of hydrogen-bond donors (Lipinski definition) is 2. The zero-order valence-corrected chi connectivity index (χ0v) is 11.2. The molecule has 0 aliphatic carbocycles. The van der Waals surface area contributed by atoms with Crippen molar-refractivity contribution >= 4 is 34.6 Å². The number of halogens is 2. The summed E-state index contributed by atoms with van der Waals surface area (Å²) in [7, 11) is 0. The van der Waals surface area contributed by atoms with Crippen LogP contribution in [0.25, 0.3) is 0 Å². The molecule has 2 aromatic rings. The lowest BCUT2D eigenvalue weighted by Gasteiger charge is -2.08. The lowest BCUT2D eigenvalue weighted by molar-refractivity contribution is -0.385. The molecule has 8 heteroatoms. The Morgan fingerprint density at radius 3 is 2.67 bits per heavy atom. The van der Waals surface area contributed by atoms with E-state index in [0.29, 0.717) is 0 Å². The Balaban J connectivity index is 2.39. The predicted molar refractivity (Wildman–Crippen MR) is 76.9 cm³/mol. The number of nitro benzene ring substituents is 1. The normalized spacial score (nSPS) is 10.2. The molecule has 0 spiro atoms. The van der Waals surface area contributed by atoms with Crippen LogP contribution in [-0.4, -0.2) is 10.8 Å². The third-order valence-corrected chi connectivity index (χ3v) is 2.97. The fourth-order valence-electron chi connectivity index (χ4n) is 1.68. The molecule has 2 rings (SSSR count). The van der Waals surface area contributed by atoms with Gasteiger partial charge in [-0.1, -0.05) is 11.6 Å². The number of nitrogens with zero attached hydrogens (tertiary/aromatic N) is 1. The van der Waals surface area contributed by atoms with Gasteiger partial charge in [-0.05, 0) is 30.3 Å². The molecule has 0 unspecified atom stereocenters. The van der Waals surface area contributed by atoms with Crippen molar-refractivity contribution in [3.8, 4) is 0 Å². The first-order valence-electron chi connectivity index (χ1n) is 5.69. The average Bonchev–Trinajstić information content (AvgIpc) is 2.42. The summed E-state index contributed by atoms with van der Waals surface area (Å²) in [5, 5.41) is 13.3. The lowest BCUT2D eigenvalue weighted by atomic mass is 10.1. The van der Waals surface area contributed by atoms with E-state index in [2.05, 4.69) is 5.32 Å². The molecular weight excluding hydrogens is 301 g/mol.